The van der Waals surface area contributed by atoms with E-state index in [2.05, 4.69) is 10.1 Å². The summed E-state index contributed by atoms with van der Waals surface area (Å²) in [5.41, 5.74) is 0.711. The second-order valence-electron chi connectivity index (χ2n) is 3.66. The number of carbonyl (C=O) groups excluding carboxylic acids is 1. The number of aromatic nitrogens is 2. The van der Waals surface area contributed by atoms with Gasteiger partial charge in [-0.2, -0.15) is 4.98 Å². The van der Waals surface area contributed by atoms with Crippen LogP contribution in [0, 0.1) is 5.82 Å². The van der Waals surface area contributed by atoms with Crippen LogP contribution in [0.1, 0.15) is 29.0 Å². The Morgan fingerprint density at radius 3 is 3.00 bits per heavy atom. The van der Waals surface area contributed by atoms with Crippen molar-refractivity contribution in [2.24, 2.45) is 0 Å². The van der Waals surface area contributed by atoms with Crippen LogP contribution >= 0.6 is 11.6 Å². The number of halogens is 2. The highest BCUT2D eigenvalue weighted by Gasteiger charge is 2.16. The van der Waals surface area contributed by atoms with Crippen LogP contribution < -0.4 is 0 Å². The van der Waals surface area contributed by atoms with E-state index in [9.17, 15) is 9.18 Å². The molecule has 0 aliphatic rings. The van der Waals surface area contributed by atoms with Gasteiger partial charge in [0.05, 0.1) is 11.6 Å². The number of hydrogen-bond donors (Lipinski definition) is 0. The number of nitrogens with zero attached hydrogens (tertiary/aromatic N) is 2. The van der Waals surface area contributed by atoms with Crippen molar-refractivity contribution < 1.29 is 18.4 Å². The average Bonchev–Trinajstić information content (AvgIpc) is 2.83. The van der Waals surface area contributed by atoms with Gasteiger partial charge < -0.3 is 9.26 Å². The Balaban J connectivity index is 2.11. The fourth-order valence-electron chi connectivity index (χ4n) is 1.43. The Morgan fingerprint density at radius 2 is 2.32 bits per heavy atom. The van der Waals surface area contributed by atoms with Crippen LogP contribution in [0.15, 0.2) is 22.7 Å². The fourth-order valence-corrected chi connectivity index (χ4v) is 1.64. The quantitative estimate of drug-likeness (QED) is 0.808. The summed E-state index contributed by atoms with van der Waals surface area (Å²) in [6.45, 7) is 1.90. The van der Waals surface area contributed by atoms with Crippen LogP contribution in [0.3, 0.4) is 0 Å². The summed E-state index contributed by atoms with van der Waals surface area (Å²) in [6.07, 6.45) is 0.281. The van der Waals surface area contributed by atoms with Crippen molar-refractivity contribution in [3.8, 4) is 0 Å². The molecule has 0 amide bonds. The molecule has 0 fully saturated rings. The third-order valence-electron chi connectivity index (χ3n) is 2.26. The molecule has 0 spiro atoms. The highest BCUT2D eigenvalue weighted by atomic mass is 35.5. The zero-order valence-electron chi connectivity index (χ0n) is 10.0. The van der Waals surface area contributed by atoms with Crippen molar-refractivity contribution in [3.05, 3.63) is 46.3 Å². The van der Waals surface area contributed by atoms with Gasteiger partial charge in [0.1, 0.15) is 5.82 Å². The molecule has 0 saturated carbocycles. The molecule has 2 rings (SSSR count). The number of ether oxygens (including phenoxy) is 1. The van der Waals surface area contributed by atoms with E-state index in [0.29, 0.717) is 11.4 Å². The zero-order valence-corrected chi connectivity index (χ0v) is 10.8. The van der Waals surface area contributed by atoms with E-state index < -0.39 is 11.8 Å². The van der Waals surface area contributed by atoms with Crippen molar-refractivity contribution in [1.82, 2.24) is 10.1 Å². The molecule has 0 bridgehead atoms. The molecule has 1 aromatic heterocycles. The first-order valence-corrected chi connectivity index (χ1v) is 5.91. The van der Waals surface area contributed by atoms with Gasteiger partial charge >= 0.3 is 11.9 Å². The normalized spacial score (nSPS) is 10.5. The first kappa shape index (κ1) is 13.5. The molecule has 0 unspecified atom stereocenters. The number of rotatable bonds is 4. The van der Waals surface area contributed by atoms with E-state index in [1.165, 1.54) is 12.1 Å². The van der Waals surface area contributed by atoms with E-state index >= 15 is 0 Å². The number of carbonyl (C=O) groups is 1. The summed E-state index contributed by atoms with van der Waals surface area (Å²) in [5, 5.41) is 3.66. The summed E-state index contributed by atoms with van der Waals surface area (Å²) < 4.78 is 22.5. The van der Waals surface area contributed by atoms with Crippen LogP contribution in [0.5, 0.6) is 0 Å². The molecule has 7 heteroatoms. The molecule has 1 heterocycles. The Kier molecular flexibility index (Phi) is 4.11. The van der Waals surface area contributed by atoms with E-state index in [4.69, 9.17) is 20.9 Å². The summed E-state index contributed by atoms with van der Waals surface area (Å²) in [7, 11) is 0. The van der Waals surface area contributed by atoms with Crippen LogP contribution in [0.4, 0.5) is 4.39 Å². The smallest absolute Gasteiger partial charge is 0.397 e. The van der Waals surface area contributed by atoms with Gasteiger partial charge in [-0.15, -0.1) is 0 Å². The average molecular weight is 285 g/mol. The predicted octanol–water partition coefficient (Wildman–Crippen LogP) is 2.63. The molecular weight excluding hydrogens is 275 g/mol. The highest BCUT2D eigenvalue weighted by Crippen LogP contribution is 2.17. The monoisotopic (exact) mass is 284 g/mol. The lowest BCUT2D eigenvalue weighted by Crippen LogP contribution is -2.05. The molecular formula is C12H10ClFN2O3. The van der Waals surface area contributed by atoms with Crippen molar-refractivity contribution in [3.63, 3.8) is 0 Å². The second kappa shape index (κ2) is 5.79. The van der Waals surface area contributed by atoms with Crippen molar-refractivity contribution in [1.29, 1.82) is 0 Å². The van der Waals surface area contributed by atoms with Gasteiger partial charge in [0.2, 0.25) is 0 Å². The molecule has 0 saturated heterocycles. The Hall–Kier alpha value is -1.95. The molecule has 0 radical (unpaired) electrons. The minimum Gasteiger partial charge on any atom is -0.459 e. The molecule has 0 aliphatic heterocycles. The summed E-state index contributed by atoms with van der Waals surface area (Å²) in [5.74, 6) is -1.07. The van der Waals surface area contributed by atoms with E-state index in [-0.39, 0.29) is 23.9 Å². The standard InChI is InChI=1S/C12H10ClFN2O3/c1-2-18-12(17)11-15-10(16-19-11)6-7-3-4-9(14)8(13)5-7/h3-5H,2,6H2,1H3. The largest absolute Gasteiger partial charge is 0.459 e. The van der Waals surface area contributed by atoms with Gasteiger partial charge in [-0.25, -0.2) is 9.18 Å². The Morgan fingerprint density at radius 1 is 1.53 bits per heavy atom. The van der Waals surface area contributed by atoms with Gasteiger partial charge in [0.25, 0.3) is 0 Å². The molecule has 19 heavy (non-hydrogen) atoms. The molecule has 1 aromatic carbocycles. The topological polar surface area (TPSA) is 65.2 Å². The summed E-state index contributed by atoms with van der Waals surface area (Å²) >= 11 is 5.66. The lowest BCUT2D eigenvalue weighted by atomic mass is 10.1. The number of hydrogen-bond acceptors (Lipinski definition) is 5. The maximum atomic E-state index is 13.0. The highest BCUT2D eigenvalue weighted by molar-refractivity contribution is 6.30. The van der Waals surface area contributed by atoms with Crippen LogP contribution in [0.25, 0.3) is 0 Å². The fraction of sp³-hybridized carbons (Fsp3) is 0.250. The SMILES string of the molecule is CCOC(=O)c1nc(Cc2ccc(F)c(Cl)c2)no1. The van der Waals surface area contributed by atoms with Gasteiger partial charge in [0, 0.05) is 6.42 Å². The predicted molar refractivity (Wildman–Crippen MR) is 64.5 cm³/mol. The molecule has 0 N–H and O–H groups in total. The molecule has 2 aromatic rings. The van der Waals surface area contributed by atoms with Gasteiger partial charge in [0.15, 0.2) is 5.82 Å². The third kappa shape index (κ3) is 3.29. The van der Waals surface area contributed by atoms with Crippen molar-refractivity contribution in [2.45, 2.75) is 13.3 Å². The maximum absolute atomic E-state index is 13.0. The second-order valence-corrected chi connectivity index (χ2v) is 4.07. The van der Waals surface area contributed by atoms with Gasteiger partial charge in [-0.3, -0.25) is 0 Å². The van der Waals surface area contributed by atoms with Crippen LogP contribution in [0.2, 0.25) is 5.02 Å². The zero-order chi connectivity index (χ0) is 13.8. The number of esters is 1. The minimum atomic E-state index is -0.668. The molecule has 5 nitrogen and oxygen atoms in total. The summed E-state index contributed by atoms with van der Waals surface area (Å²) in [6, 6.07) is 4.28. The maximum Gasteiger partial charge on any atom is 0.397 e. The first-order chi connectivity index (χ1) is 9.10. The van der Waals surface area contributed by atoms with Crippen LogP contribution in [-0.2, 0) is 11.2 Å². The number of benzene rings is 1. The van der Waals surface area contributed by atoms with Crippen molar-refractivity contribution >= 4 is 17.6 Å². The lowest BCUT2D eigenvalue weighted by molar-refractivity contribution is 0.0470. The molecule has 0 aliphatic carbocycles. The third-order valence-corrected chi connectivity index (χ3v) is 2.55. The Bertz CT molecular complexity index is 600. The lowest BCUT2D eigenvalue weighted by Gasteiger charge is -1.98. The summed E-state index contributed by atoms with van der Waals surface area (Å²) in [4.78, 5) is 15.2. The molecule has 0 atom stereocenters. The minimum absolute atomic E-state index is 0.0200. The van der Waals surface area contributed by atoms with E-state index in [0.717, 1.165) is 0 Å². The Labute approximate surface area is 113 Å². The van der Waals surface area contributed by atoms with E-state index in [1.807, 2.05) is 0 Å². The van der Waals surface area contributed by atoms with Gasteiger partial charge in [-0.05, 0) is 24.6 Å². The van der Waals surface area contributed by atoms with Gasteiger partial charge in [-0.1, -0.05) is 22.8 Å². The van der Waals surface area contributed by atoms with Crippen LogP contribution in [-0.4, -0.2) is 22.7 Å². The van der Waals surface area contributed by atoms with E-state index in [1.54, 1.807) is 13.0 Å². The molecule has 100 valence electrons. The first-order valence-electron chi connectivity index (χ1n) is 5.53. The van der Waals surface area contributed by atoms with Crippen molar-refractivity contribution in [2.75, 3.05) is 6.61 Å².